The van der Waals surface area contributed by atoms with E-state index in [0.717, 1.165) is 67.2 Å². The maximum absolute atomic E-state index is 13.0. The van der Waals surface area contributed by atoms with E-state index < -0.39 is 0 Å². The number of carbonyl (C=O) groups excluding carboxylic acids is 1. The molecule has 1 N–H and O–H groups in total. The number of rotatable bonds is 7. The standard InChI is InChI=1S/C29H39N5O/c1-19-3-5-20(6-4-19)15-33(2)17-28(35)34-8-7-25-27(16-34)31-18-32-29(25)30-14-26-23-10-21-9-22(12-23)13-24(26)11-21/h3-6,18,21-24,26H,7-17H2,1-2H3,(H,30,31,32). The molecule has 6 heteroatoms. The number of fused-ring (bicyclic) bond motifs is 1. The molecule has 4 fully saturated rings. The Bertz CT molecular complexity index is 1040. The van der Waals surface area contributed by atoms with Crippen LogP contribution in [-0.4, -0.2) is 52.4 Å². The van der Waals surface area contributed by atoms with Crippen LogP contribution in [0, 0.1) is 36.5 Å². The molecule has 0 saturated heterocycles. The van der Waals surface area contributed by atoms with E-state index in [-0.39, 0.29) is 5.91 Å². The van der Waals surface area contributed by atoms with E-state index in [9.17, 15) is 4.79 Å². The third-order valence-electron chi connectivity index (χ3n) is 9.27. The Morgan fingerprint density at radius 2 is 1.77 bits per heavy atom. The number of hydrogen-bond donors (Lipinski definition) is 1. The molecule has 35 heavy (non-hydrogen) atoms. The lowest BCUT2D eigenvalue weighted by Crippen LogP contribution is -2.47. The molecular formula is C29H39N5O. The van der Waals surface area contributed by atoms with E-state index in [1.165, 1.54) is 48.8 Å². The van der Waals surface area contributed by atoms with Crippen molar-refractivity contribution >= 4 is 11.7 Å². The fraction of sp³-hybridized carbons (Fsp3) is 0.621. The lowest BCUT2D eigenvalue weighted by molar-refractivity contribution is -0.133. The van der Waals surface area contributed by atoms with Gasteiger partial charge in [0.1, 0.15) is 12.1 Å². The zero-order chi connectivity index (χ0) is 23.9. The maximum atomic E-state index is 13.0. The molecule has 0 radical (unpaired) electrons. The van der Waals surface area contributed by atoms with Gasteiger partial charge in [0.2, 0.25) is 5.91 Å². The van der Waals surface area contributed by atoms with Crippen molar-refractivity contribution in [1.29, 1.82) is 0 Å². The number of amides is 1. The van der Waals surface area contributed by atoms with Crippen molar-refractivity contribution in [3.63, 3.8) is 0 Å². The molecule has 7 rings (SSSR count). The van der Waals surface area contributed by atoms with Crippen molar-refractivity contribution in [3.8, 4) is 0 Å². The summed E-state index contributed by atoms with van der Waals surface area (Å²) in [6.07, 6.45) is 9.83. The Kier molecular flexibility index (Phi) is 6.25. The summed E-state index contributed by atoms with van der Waals surface area (Å²) in [5, 5.41) is 3.75. The summed E-state index contributed by atoms with van der Waals surface area (Å²) in [5.74, 6) is 5.85. The van der Waals surface area contributed by atoms with Crippen LogP contribution in [0.2, 0.25) is 0 Å². The topological polar surface area (TPSA) is 61.4 Å². The molecule has 6 nitrogen and oxygen atoms in total. The van der Waals surface area contributed by atoms with Gasteiger partial charge in [0.25, 0.3) is 0 Å². The van der Waals surface area contributed by atoms with Gasteiger partial charge < -0.3 is 10.2 Å². The van der Waals surface area contributed by atoms with Crippen molar-refractivity contribution in [3.05, 3.63) is 53.0 Å². The summed E-state index contributed by atoms with van der Waals surface area (Å²) in [4.78, 5) is 26.3. The molecule has 186 valence electrons. The first kappa shape index (κ1) is 23.0. The molecule has 4 saturated carbocycles. The van der Waals surface area contributed by atoms with E-state index in [2.05, 4.69) is 51.4 Å². The second-order valence-electron chi connectivity index (χ2n) is 11.8. The van der Waals surface area contributed by atoms with Gasteiger partial charge >= 0.3 is 0 Å². The summed E-state index contributed by atoms with van der Waals surface area (Å²) >= 11 is 0. The van der Waals surface area contributed by atoms with Crippen molar-refractivity contribution in [2.75, 3.05) is 32.0 Å². The van der Waals surface area contributed by atoms with Gasteiger partial charge in [-0.05, 0) is 87.6 Å². The number of nitrogens with one attached hydrogen (secondary N) is 1. The molecule has 1 aliphatic heterocycles. The van der Waals surface area contributed by atoms with E-state index in [4.69, 9.17) is 0 Å². The van der Waals surface area contributed by atoms with Gasteiger partial charge in [0, 0.05) is 25.2 Å². The van der Waals surface area contributed by atoms with E-state index >= 15 is 0 Å². The highest BCUT2D eigenvalue weighted by Crippen LogP contribution is 2.56. The molecule has 2 heterocycles. The van der Waals surface area contributed by atoms with Crippen LogP contribution in [-0.2, 0) is 24.3 Å². The van der Waals surface area contributed by atoms with Crippen molar-refractivity contribution in [2.24, 2.45) is 29.6 Å². The summed E-state index contributed by atoms with van der Waals surface area (Å²) in [7, 11) is 2.02. The van der Waals surface area contributed by atoms with Crippen LogP contribution in [0.15, 0.2) is 30.6 Å². The van der Waals surface area contributed by atoms with Gasteiger partial charge in [0.15, 0.2) is 0 Å². The third-order valence-corrected chi connectivity index (χ3v) is 9.27. The highest BCUT2D eigenvalue weighted by molar-refractivity contribution is 5.78. The van der Waals surface area contributed by atoms with Gasteiger partial charge in [-0.1, -0.05) is 29.8 Å². The summed E-state index contributed by atoms with van der Waals surface area (Å²) in [6.45, 7) is 5.67. The van der Waals surface area contributed by atoms with Crippen molar-refractivity contribution in [1.82, 2.24) is 19.8 Å². The van der Waals surface area contributed by atoms with Gasteiger partial charge in [0.05, 0.1) is 18.8 Å². The zero-order valence-corrected chi connectivity index (χ0v) is 21.2. The quantitative estimate of drug-likeness (QED) is 0.650. The Morgan fingerprint density at radius 1 is 1.06 bits per heavy atom. The average Bonchev–Trinajstić information content (AvgIpc) is 2.84. The van der Waals surface area contributed by atoms with Crippen molar-refractivity contribution < 1.29 is 4.79 Å². The third kappa shape index (κ3) is 4.82. The Hall–Kier alpha value is -2.47. The molecule has 5 aliphatic rings. The largest absolute Gasteiger partial charge is 0.369 e. The van der Waals surface area contributed by atoms with Crippen LogP contribution in [0.1, 0.15) is 54.5 Å². The summed E-state index contributed by atoms with van der Waals surface area (Å²) < 4.78 is 0. The molecule has 4 aliphatic carbocycles. The highest BCUT2D eigenvalue weighted by atomic mass is 16.2. The lowest BCUT2D eigenvalue weighted by atomic mass is 9.52. The normalized spacial score (nSPS) is 28.9. The monoisotopic (exact) mass is 473 g/mol. The molecule has 4 bridgehead atoms. The first-order valence-electron chi connectivity index (χ1n) is 13.6. The Morgan fingerprint density at radius 3 is 2.49 bits per heavy atom. The number of benzene rings is 1. The van der Waals surface area contributed by atoms with Crippen LogP contribution >= 0.6 is 0 Å². The Labute approximate surface area is 209 Å². The number of hydrogen-bond acceptors (Lipinski definition) is 5. The van der Waals surface area contributed by atoms with Crippen LogP contribution in [0.3, 0.4) is 0 Å². The number of anilines is 1. The van der Waals surface area contributed by atoms with Crippen LogP contribution in [0.4, 0.5) is 5.82 Å². The minimum atomic E-state index is 0.173. The predicted octanol–water partition coefficient (Wildman–Crippen LogP) is 4.29. The second-order valence-corrected chi connectivity index (χ2v) is 11.8. The lowest BCUT2D eigenvalue weighted by Gasteiger charge is -2.54. The highest BCUT2D eigenvalue weighted by Gasteiger charge is 2.47. The van der Waals surface area contributed by atoms with Crippen molar-refractivity contribution in [2.45, 2.75) is 58.5 Å². The maximum Gasteiger partial charge on any atom is 0.237 e. The van der Waals surface area contributed by atoms with Gasteiger partial charge in [-0.15, -0.1) is 0 Å². The minimum Gasteiger partial charge on any atom is -0.369 e. The molecule has 0 unspecified atom stereocenters. The summed E-state index contributed by atoms with van der Waals surface area (Å²) in [6, 6.07) is 8.53. The van der Waals surface area contributed by atoms with Crippen LogP contribution < -0.4 is 5.32 Å². The first-order chi connectivity index (χ1) is 17.0. The van der Waals surface area contributed by atoms with E-state index in [1.807, 2.05) is 11.9 Å². The molecule has 1 aromatic heterocycles. The number of nitrogens with zero attached hydrogens (tertiary/aromatic N) is 4. The summed E-state index contributed by atoms with van der Waals surface area (Å²) in [5.41, 5.74) is 4.72. The SMILES string of the molecule is Cc1ccc(CN(C)CC(=O)N2CCc3c(ncnc3NCC3C4CC5CC(C4)CC3C5)C2)cc1. The minimum absolute atomic E-state index is 0.173. The number of aryl methyl sites for hydroxylation is 1. The molecule has 2 aromatic rings. The van der Waals surface area contributed by atoms with Gasteiger partial charge in [-0.25, -0.2) is 9.97 Å². The van der Waals surface area contributed by atoms with Crippen LogP contribution in [0.25, 0.3) is 0 Å². The molecule has 1 amide bonds. The predicted molar refractivity (Wildman–Crippen MR) is 138 cm³/mol. The van der Waals surface area contributed by atoms with Crippen LogP contribution in [0.5, 0.6) is 0 Å². The smallest absolute Gasteiger partial charge is 0.237 e. The average molecular weight is 474 g/mol. The van der Waals surface area contributed by atoms with Gasteiger partial charge in [-0.3, -0.25) is 9.69 Å². The van der Waals surface area contributed by atoms with E-state index in [0.29, 0.717) is 13.1 Å². The first-order valence-corrected chi connectivity index (χ1v) is 13.6. The second kappa shape index (κ2) is 9.53. The molecule has 0 atom stereocenters. The number of carbonyl (C=O) groups is 1. The fourth-order valence-electron chi connectivity index (χ4n) is 7.70. The van der Waals surface area contributed by atoms with Gasteiger partial charge in [-0.2, -0.15) is 0 Å². The molecule has 0 spiro atoms. The molecular weight excluding hydrogens is 434 g/mol. The number of likely N-dealkylation sites (N-methyl/N-ethyl adjacent to an activating group) is 1. The Balaban J connectivity index is 1.05. The zero-order valence-electron chi connectivity index (χ0n) is 21.2. The molecule has 1 aromatic carbocycles. The number of aromatic nitrogens is 2. The van der Waals surface area contributed by atoms with E-state index in [1.54, 1.807) is 6.33 Å². The fourth-order valence-corrected chi connectivity index (χ4v) is 7.70.